The number of nitrogen functional groups attached to an aromatic ring is 1. The van der Waals surface area contributed by atoms with Crippen LogP contribution in [0.1, 0.15) is 9.67 Å². The number of hydrogen-bond donors (Lipinski definition) is 1. The molecule has 10 heteroatoms. The summed E-state index contributed by atoms with van der Waals surface area (Å²) in [5, 5.41) is 1.41. The molecule has 1 fully saturated rings. The number of fused-ring (bicyclic) bond motifs is 3. The first kappa shape index (κ1) is 20.2. The maximum absolute atomic E-state index is 12.6. The van der Waals surface area contributed by atoms with Gasteiger partial charge in [0, 0.05) is 53.9 Å². The van der Waals surface area contributed by atoms with Crippen LogP contribution in [-0.4, -0.2) is 74.3 Å². The molecule has 2 aromatic heterocycles. The van der Waals surface area contributed by atoms with Gasteiger partial charge in [-0.1, -0.05) is 0 Å². The molecule has 1 aromatic carbocycles. The van der Waals surface area contributed by atoms with Gasteiger partial charge in [0.1, 0.15) is 4.88 Å². The smallest absolute Gasteiger partial charge is 0.415 e. The number of thiophene rings is 1. The highest BCUT2D eigenvalue weighted by Gasteiger charge is 2.24. The number of piperazine rings is 1. The van der Waals surface area contributed by atoms with Crippen molar-refractivity contribution in [2.45, 2.75) is 0 Å². The minimum absolute atomic E-state index is 0.290. The highest BCUT2D eigenvalue weighted by Crippen LogP contribution is 2.41. The van der Waals surface area contributed by atoms with Gasteiger partial charge in [-0.25, -0.2) is 9.59 Å². The van der Waals surface area contributed by atoms with E-state index in [1.807, 2.05) is 7.05 Å². The Bertz CT molecular complexity index is 1140. The van der Waals surface area contributed by atoms with E-state index >= 15 is 0 Å². The summed E-state index contributed by atoms with van der Waals surface area (Å²) in [4.78, 5) is 33.2. The number of hydrogen-bond acceptors (Lipinski definition) is 9. The van der Waals surface area contributed by atoms with Crippen LogP contribution in [0.4, 0.5) is 10.5 Å². The van der Waals surface area contributed by atoms with E-state index in [1.165, 1.54) is 25.6 Å². The SMILES string of the molecule is COC(=O)c1sc2c(cnc3cc(OC(=O)N4CCN(C)CC4)c(OC)cc32)c1N. The Hall–Kier alpha value is -3.11. The monoisotopic (exact) mass is 430 g/mol. The van der Waals surface area contributed by atoms with Crippen molar-refractivity contribution in [2.24, 2.45) is 0 Å². The molecule has 1 saturated heterocycles. The Morgan fingerprint density at radius 1 is 1.10 bits per heavy atom. The van der Waals surface area contributed by atoms with Crippen molar-refractivity contribution in [1.82, 2.24) is 14.8 Å². The number of anilines is 1. The van der Waals surface area contributed by atoms with Gasteiger partial charge in [-0.2, -0.15) is 0 Å². The average Bonchev–Trinajstić information content (AvgIpc) is 3.10. The number of likely N-dealkylation sites (N-methyl/N-ethyl adjacent to an activating group) is 1. The molecule has 0 spiro atoms. The van der Waals surface area contributed by atoms with Crippen LogP contribution in [0.15, 0.2) is 18.3 Å². The molecular weight excluding hydrogens is 408 g/mol. The molecule has 0 aliphatic carbocycles. The molecule has 0 atom stereocenters. The van der Waals surface area contributed by atoms with Crippen LogP contribution in [0.5, 0.6) is 11.5 Å². The van der Waals surface area contributed by atoms with E-state index in [-0.39, 0.29) is 0 Å². The van der Waals surface area contributed by atoms with Crippen LogP contribution >= 0.6 is 11.3 Å². The van der Waals surface area contributed by atoms with E-state index in [1.54, 1.807) is 23.2 Å². The summed E-state index contributed by atoms with van der Waals surface area (Å²) in [5.74, 6) is 0.191. The van der Waals surface area contributed by atoms with E-state index in [0.717, 1.165) is 23.2 Å². The van der Waals surface area contributed by atoms with Crippen LogP contribution in [0.2, 0.25) is 0 Å². The third-order valence-electron chi connectivity index (χ3n) is 5.17. The van der Waals surface area contributed by atoms with Gasteiger partial charge in [0.2, 0.25) is 0 Å². The molecule has 30 heavy (non-hydrogen) atoms. The van der Waals surface area contributed by atoms with Gasteiger partial charge in [0.15, 0.2) is 11.5 Å². The average molecular weight is 430 g/mol. The molecule has 3 aromatic rings. The largest absolute Gasteiger partial charge is 0.493 e. The Labute approximate surface area is 176 Å². The minimum atomic E-state index is -0.494. The second-order valence-corrected chi connectivity index (χ2v) is 8.04. The van der Waals surface area contributed by atoms with Crippen molar-refractivity contribution in [1.29, 1.82) is 0 Å². The summed E-state index contributed by atoms with van der Waals surface area (Å²) in [7, 11) is 4.83. The van der Waals surface area contributed by atoms with Crippen molar-refractivity contribution in [3.05, 3.63) is 23.2 Å². The molecule has 0 saturated carbocycles. The van der Waals surface area contributed by atoms with Crippen molar-refractivity contribution in [3.8, 4) is 11.5 Å². The van der Waals surface area contributed by atoms with Gasteiger partial charge in [-0.05, 0) is 13.1 Å². The number of carbonyl (C=O) groups excluding carboxylic acids is 2. The number of methoxy groups -OCH3 is 2. The van der Waals surface area contributed by atoms with Crippen LogP contribution < -0.4 is 15.2 Å². The molecule has 3 heterocycles. The van der Waals surface area contributed by atoms with E-state index in [9.17, 15) is 9.59 Å². The molecule has 9 nitrogen and oxygen atoms in total. The summed E-state index contributed by atoms with van der Waals surface area (Å²) < 4.78 is 16.7. The lowest BCUT2D eigenvalue weighted by molar-refractivity contribution is 0.0607. The second kappa shape index (κ2) is 7.96. The Morgan fingerprint density at radius 3 is 2.50 bits per heavy atom. The molecule has 1 amide bonds. The number of amides is 1. The Kier molecular flexibility index (Phi) is 5.35. The predicted molar refractivity (Wildman–Crippen MR) is 115 cm³/mol. The number of rotatable bonds is 3. The van der Waals surface area contributed by atoms with E-state index in [4.69, 9.17) is 19.9 Å². The molecule has 0 unspecified atom stereocenters. The van der Waals surface area contributed by atoms with E-state index < -0.39 is 12.1 Å². The number of ether oxygens (including phenoxy) is 3. The molecule has 2 N–H and O–H groups in total. The molecule has 1 aliphatic rings. The fraction of sp³-hybridized carbons (Fsp3) is 0.350. The van der Waals surface area contributed by atoms with Crippen LogP contribution in [0, 0.1) is 0 Å². The van der Waals surface area contributed by atoms with Crippen molar-refractivity contribution < 1.29 is 23.8 Å². The predicted octanol–water partition coefficient (Wildman–Crippen LogP) is 2.57. The molecule has 0 radical (unpaired) electrons. The maximum atomic E-state index is 12.6. The third-order valence-corrected chi connectivity index (χ3v) is 6.41. The quantitative estimate of drug-likeness (QED) is 0.632. The van der Waals surface area contributed by atoms with Gasteiger partial charge in [0.25, 0.3) is 0 Å². The summed E-state index contributed by atoms with van der Waals surface area (Å²) in [6.45, 7) is 2.81. The molecule has 1 aliphatic heterocycles. The Balaban J connectivity index is 1.73. The lowest BCUT2D eigenvalue weighted by Gasteiger charge is -2.31. The lowest BCUT2D eigenvalue weighted by Crippen LogP contribution is -2.48. The first-order valence-corrected chi connectivity index (χ1v) is 10.2. The third kappa shape index (κ3) is 3.48. The Morgan fingerprint density at radius 2 is 1.83 bits per heavy atom. The topological polar surface area (TPSA) is 107 Å². The fourth-order valence-corrected chi connectivity index (χ4v) is 4.52. The lowest BCUT2D eigenvalue weighted by atomic mass is 10.1. The molecule has 4 rings (SSSR count). The van der Waals surface area contributed by atoms with E-state index in [2.05, 4.69) is 9.88 Å². The summed E-state index contributed by atoms with van der Waals surface area (Å²) in [5.41, 5.74) is 7.06. The van der Waals surface area contributed by atoms with E-state index in [0.29, 0.717) is 46.1 Å². The summed E-state index contributed by atoms with van der Waals surface area (Å²) in [6, 6.07) is 3.41. The summed E-state index contributed by atoms with van der Waals surface area (Å²) >= 11 is 1.23. The number of pyridine rings is 1. The standard InChI is InChI=1S/C20H22N4O5S/c1-23-4-6-24(7-5-23)20(26)29-15-9-13-11(8-14(15)27-2)17-12(10-22-13)16(21)18(30-17)19(25)28-3/h8-10H,4-7,21H2,1-3H3. The molecule has 158 valence electrons. The first-order chi connectivity index (χ1) is 14.4. The number of nitrogens with two attached hydrogens (primary N) is 1. The normalized spacial score (nSPS) is 14.8. The maximum Gasteiger partial charge on any atom is 0.415 e. The zero-order valence-electron chi connectivity index (χ0n) is 16.9. The number of nitrogens with zero attached hydrogens (tertiary/aromatic N) is 3. The number of benzene rings is 1. The van der Waals surface area contributed by atoms with Crippen LogP contribution in [0.25, 0.3) is 21.0 Å². The number of aromatic nitrogens is 1. The first-order valence-electron chi connectivity index (χ1n) is 9.35. The van der Waals surface area contributed by atoms with Crippen molar-refractivity contribution >= 4 is 50.1 Å². The van der Waals surface area contributed by atoms with Gasteiger partial charge in [0.05, 0.1) is 25.4 Å². The van der Waals surface area contributed by atoms with Gasteiger partial charge in [-0.15, -0.1) is 11.3 Å². The zero-order valence-corrected chi connectivity index (χ0v) is 17.7. The summed E-state index contributed by atoms with van der Waals surface area (Å²) in [6.07, 6.45) is 1.18. The van der Waals surface area contributed by atoms with Crippen LogP contribution in [0.3, 0.4) is 0 Å². The molecule has 0 bridgehead atoms. The molecular formula is C20H22N4O5S. The number of esters is 1. The zero-order chi connectivity index (χ0) is 21.4. The second-order valence-electron chi connectivity index (χ2n) is 7.02. The van der Waals surface area contributed by atoms with Gasteiger partial charge < -0.3 is 29.7 Å². The van der Waals surface area contributed by atoms with Gasteiger partial charge in [-0.3, -0.25) is 4.98 Å². The van der Waals surface area contributed by atoms with Gasteiger partial charge >= 0.3 is 12.1 Å². The van der Waals surface area contributed by atoms with Crippen LogP contribution in [-0.2, 0) is 4.74 Å². The van der Waals surface area contributed by atoms with Crippen molar-refractivity contribution in [3.63, 3.8) is 0 Å². The minimum Gasteiger partial charge on any atom is -0.493 e. The fourth-order valence-electron chi connectivity index (χ4n) is 3.39. The highest BCUT2D eigenvalue weighted by molar-refractivity contribution is 7.22. The van der Waals surface area contributed by atoms with Crippen molar-refractivity contribution in [2.75, 3.05) is 53.2 Å². The highest BCUT2D eigenvalue weighted by atomic mass is 32.1. The number of carbonyl (C=O) groups is 2.